The van der Waals surface area contributed by atoms with Crippen LogP contribution in [0.5, 0.6) is 0 Å². The molecule has 140 valence electrons. The molecule has 0 radical (unpaired) electrons. The molecule has 0 fully saturated rings. The molecule has 3 aromatic rings. The number of benzene rings is 1. The average molecular weight is 409 g/mol. The normalized spacial score (nSPS) is 11.8. The Balaban J connectivity index is 0.000000431. The van der Waals surface area contributed by atoms with Crippen molar-refractivity contribution in [2.75, 3.05) is 0 Å². The van der Waals surface area contributed by atoms with E-state index in [1.165, 1.54) is 17.4 Å². The monoisotopic (exact) mass is 408 g/mol. The predicted molar refractivity (Wildman–Crippen MR) is 79.2 cm³/mol. The van der Waals surface area contributed by atoms with Gasteiger partial charge in [-0.15, -0.1) is 11.3 Å². The number of aryl methyl sites for hydroxylation is 1. The molecule has 0 unspecified atom stereocenters. The molecule has 0 spiro atoms. The Morgan fingerprint density at radius 1 is 1.15 bits per heavy atom. The first-order valence-electron chi connectivity index (χ1n) is 6.83. The van der Waals surface area contributed by atoms with Gasteiger partial charge in [0.05, 0.1) is 31.9 Å². The summed E-state index contributed by atoms with van der Waals surface area (Å²) in [7, 11) is -2.79. The van der Waals surface area contributed by atoms with Gasteiger partial charge in [0.1, 0.15) is 5.01 Å². The molecule has 0 atom stereocenters. The molecule has 1 aromatic carbocycles. The molecule has 2 aromatic heterocycles. The smallest absolute Gasteiger partial charge is 0.349 e. The second kappa shape index (κ2) is 7.74. The standard InChI is InChI=1S/C15H11F3N2S.ClHO4/c1-20-7-3-6-13(20)14-19-12(9-21-14)10-4-2-5-11(8-10)15(16,17)18;2-1(3,4)5/h2-9H,1H3;(H,2,3,4,5). The number of hydrogen-bond acceptors (Lipinski definition) is 6. The van der Waals surface area contributed by atoms with E-state index in [2.05, 4.69) is 4.98 Å². The number of rotatable bonds is 2. The van der Waals surface area contributed by atoms with Gasteiger partial charge in [0.25, 0.3) is 0 Å². The van der Waals surface area contributed by atoms with Crippen LogP contribution in [-0.4, -0.2) is 14.2 Å². The third kappa shape index (κ3) is 5.80. The molecule has 6 nitrogen and oxygen atoms in total. The summed E-state index contributed by atoms with van der Waals surface area (Å²) >= 11 is 1.42. The van der Waals surface area contributed by atoms with Crippen LogP contribution in [0.1, 0.15) is 5.56 Å². The Hall–Kier alpha value is -1.95. The van der Waals surface area contributed by atoms with Crippen molar-refractivity contribution >= 4 is 11.3 Å². The summed E-state index contributed by atoms with van der Waals surface area (Å²) in [5.41, 5.74) is 1.32. The summed E-state index contributed by atoms with van der Waals surface area (Å²) in [6.07, 6.45) is -2.44. The van der Waals surface area contributed by atoms with E-state index in [0.29, 0.717) is 11.3 Å². The number of hydrogen-bond donors (Lipinski definition) is 1. The zero-order valence-electron chi connectivity index (χ0n) is 13.1. The number of halogens is 4. The molecule has 0 amide bonds. The van der Waals surface area contributed by atoms with Gasteiger partial charge >= 0.3 is 6.18 Å². The molecule has 0 bridgehead atoms. The maximum absolute atomic E-state index is 12.7. The maximum atomic E-state index is 12.7. The van der Waals surface area contributed by atoms with Gasteiger partial charge in [-0.1, -0.05) is 12.1 Å². The molecule has 2 heterocycles. The van der Waals surface area contributed by atoms with Crippen LogP contribution in [0.25, 0.3) is 22.0 Å². The zero-order valence-corrected chi connectivity index (χ0v) is 14.7. The van der Waals surface area contributed by atoms with E-state index in [-0.39, 0.29) is 0 Å². The largest absolute Gasteiger partial charge is 0.416 e. The highest BCUT2D eigenvalue weighted by Gasteiger charge is 2.30. The van der Waals surface area contributed by atoms with Crippen molar-refractivity contribution in [1.82, 2.24) is 9.55 Å². The van der Waals surface area contributed by atoms with Crippen molar-refractivity contribution in [3.8, 4) is 22.0 Å². The van der Waals surface area contributed by atoms with Crippen LogP contribution in [0.2, 0.25) is 0 Å². The maximum Gasteiger partial charge on any atom is 0.416 e. The first-order chi connectivity index (χ1) is 11.9. The first-order valence-corrected chi connectivity index (χ1v) is 8.97. The molecule has 0 aliphatic carbocycles. The number of nitrogens with zero attached hydrogens (tertiary/aromatic N) is 2. The lowest BCUT2D eigenvalue weighted by atomic mass is 10.1. The third-order valence-corrected chi connectivity index (χ3v) is 4.02. The Labute approximate surface area is 152 Å². The third-order valence-electron chi connectivity index (χ3n) is 3.15. The summed E-state index contributed by atoms with van der Waals surface area (Å²) < 4.78 is 72.9. The lowest BCUT2D eigenvalue weighted by Crippen LogP contribution is -2.58. The topological polar surface area (TPSA) is 107 Å². The predicted octanol–water partition coefficient (Wildman–Crippen LogP) is 0.710. The Bertz CT molecular complexity index is 868. The van der Waals surface area contributed by atoms with Crippen LogP contribution in [0.15, 0.2) is 48.0 Å². The van der Waals surface area contributed by atoms with Crippen molar-refractivity contribution in [1.29, 1.82) is 0 Å². The van der Waals surface area contributed by atoms with E-state index >= 15 is 0 Å². The van der Waals surface area contributed by atoms with Gasteiger partial charge in [-0.25, -0.2) is 4.98 Å². The molecule has 0 aliphatic heterocycles. The van der Waals surface area contributed by atoms with Gasteiger partial charge in [0.15, 0.2) is 0 Å². The van der Waals surface area contributed by atoms with E-state index in [0.717, 1.165) is 22.8 Å². The Morgan fingerprint density at radius 3 is 2.35 bits per heavy atom. The summed E-state index contributed by atoms with van der Waals surface area (Å²) in [6, 6.07) is 9.06. The zero-order chi connectivity index (χ0) is 19.5. The van der Waals surface area contributed by atoms with Crippen LogP contribution in [-0.2, 0) is 13.2 Å². The average Bonchev–Trinajstić information content (AvgIpc) is 3.13. The van der Waals surface area contributed by atoms with E-state index < -0.39 is 22.0 Å². The van der Waals surface area contributed by atoms with E-state index in [1.807, 2.05) is 29.9 Å². The lowest BCUT2D eigenvalue weighted by Gasteiger charge is -2.07. The Morgan fingerprint density at radius 2 is 1.81 bits per heavy atom. The summed E-state index contributed by atoms with van der Waals surface area (Å²) in [5.74, 6) is 0. The van der Waals surface area contributed by atoms with Gasteiger partial charge in [-0.3, -0.25) is 0 Å². The first kappa shape index (κ1) is 20.4. The van der Waals surface area contributed by atoms with E-state index in [1.54, 1.807) is 11.4 Å². The lowest BCUT2D eigenvalue weighted by molar-refractivity contribution is -1.92. The van der Waals surface area contributed by atoms with Crippen molar-refractivity contribution in [3.05, 3.63) is 53.5 Å². The molecular weight excluding hydrogens is 397 g/mol. The molecule has 3 rings (SSSR count). The highest BCUT2D eigenvalue weighted by atomic mass is 35.7. The fourth-order valence-corrected chi connectivity index (χ4v) is 2.96. The second-order valence-corrected chi connectivity index (χ2v) is 6.67. The quantitative estimate of drug-likeness (QED) is 0.672. The Kier molecular flexibility index (Phi) is 6.06. The van der Waals surface area contributed by atoms with Crippen molar-refractivity contribution in [2.45, 2.75) is 6.18 Å². The molecule has 0 saturated carbocycles. The minimum atomic E-state index is -4.69. The van der Waals surface area contributed by atoms with Crippen LogP contribution in [0, 0.1) is 10.2 Å². The van der Waals surface area contributed by atoms with E-state index in [4.69, 9.17) is 18.6 Å². The second-order valence-electron chi connectivity index (χ2n) is 5.02. The molecule has 0 saturated heterocycles. The highest BCUT2D eigenvalue weighted by Crippen LogP contribution is 2.33. The van der Waals surface area contributed by atoms with Gasteiger partial charge in [-0.2, -0.15) is 27.1 Å². The van der Waals surface area contributed by atoms with Gasteiger partial charge < -0.3 is 4.57 Å². The number of aromatic nitrogens is 2. The number of alkyl halides is 3. The SMILES string of the molecule is Cn1cccc1-c1nc(-c2cccc(C(F)(F)F)c2)cs1.[O-][Cl+3]([O-])([O-])O. The molecular formula is C15H12ClF3N2O4S. The highest BCUT2D eigenvalue weighted by molar-refractivity contribution is 7.13. The summed E-state index contributed by atoms with van der Waals surface area (Å²) in [5, 5.41) is 2.56. The molecule has 11 heteroatoms. The molecule has 26 heavy (non-hydrogen) atoms. The fraction of sp³-hybridized carbons (Fsp3) is 0.133. The molecule has 1 N–H and O–H groups in total. The summed E-state index contributed by atoms with van der Waals surface area (Å²) in [6.45, 7) is 0. The fourth-order valence-electron chi connectivity index (χ4n) is 2.06. The van der Waals surface area contributed by atoms with Crippen molar-refractivity contribution in [2.24, 2.45) is 7.05 Å². The van der Waals surface area contributed by atoms with Crippen LogP contribution in [0.3, 0.4) is 0 Å². The van der Waals surface area contributed by atoms with Crippen molar-refractivity contribution < 1.29 is 42.1 Å². The molecule has 0 aliphatic rings. The van der Waals surface area contributed by atoms with Gasteiger partial charge in [0, 0.05) is 24.2 Å². The van der Waals surface area contributed by atoms with Crippen molar-refractivity contribution in [3.63, 3.8) is 0 Å². The summed E-state index contributed by atoms with van der Waals surface area (Å²) in [4.78, 5) is 4.44. The minimum Gasteiger partial charge on any atom is -0.349 e. The minimum absolute atomic E-state index is 0.474. The van der Waals surface area contributed by atoms with Crippen LogP contribution >= 0.6 is 11.3 Å². The van der Waals surface area contributed by atoms with Gasteiger partial charge in [0.2, 0.25) is 0 Å². The van der Waals surface area contributed by atoms with Crippen LogP contribution in [0.4, 0.5) is 13.2 Å². The van der Waals surface area contributed by atoms with Gasteiger partial charge in [-0.05, 0) is 24.3 Å². The van der Waals surface area contributed by atoms with E-state index in [9.17, 15) is 13.2 Å². The van der Waals surface area contributed by atoms with Crippen LogP contribution < -0.4 is 14.0 Å². The number of thiazole rings is 1.